The van der Waals surface area contributed by atoms with E-state index in [1.54, 1.807) is 0 Å². The van der Waals surface area contributed by atoms with E-state index in [4.69, 9.17) is 0 Å². The Bertz CT molecular complexity index is 135. The smallest absolute Gasteiger partial charge is 0.0326 e. The minimum Gasteiger partial charge on any atom is -0.0654 e. The third-order valence-corrected chi connectivity index (χ3v) is 3.71. The van der Waals surface area contributed by atoms with Gasteiger partial charge in [0, 0.05) is 0 Å². The zero-order chi connectivity index (χ0) is 9.19. The SMILES string of the molecule is CCCC1CC(C)CCC1(C)C. The maximum atomic E-state index is 2.46. The Morgan fingerprint density at radius 2 is 2.00 bits per heavy atom. The van der Waals surface area contributed by atoms with Gasteiger partial charge in [0.2, 0.25) is 0 Å². The van der Waals surface area contributed by atoms with Crippen molar-refractivity contribution in [2.75, 3.05) is 0 Å². The second kappa shape index (κ2) is 3.81. The Morgan fingerprint density at radius 1 is 1.33 bits per heavy atom. The van der Waals surface area contributed by atoms with Gasteiger partial charge in [-0.15, -0.1) is 0 Å². The molecular formula is C12H24. The quantitative estimate of drug-likeness (QED) is 0.578. The van der Waals surface area contributed by atoms with Crippen molar-refractivity contribution in [2.24, 2.45) is 17.3 Å². The molecule has 72 valence electrons. The molecule has 1 saturated carbocycles. The van der Waals surface area contributed by atoms with Crippen LogP contribution in [0.25, 0.3) is 0 Å². The molecule has 0 aromatic carbocycles. The summed E-state index contributed by atoms with van der Waals surface area (Å²) in [5, 5.41) is 0. The topological polar surface area (TPSA) is 0 Å². The summed E-state index contributed by atoms with van der Waals surface area (Å²) in [7, 11) is 0. The number of hydrogen-bond acceptors (Lipinski definition) is 0. The number of rotatable bonds is 2. The average molecular weight is 168 g/mol. The van der Waals surface area contributed by atoms with Crippen LogP contribution in [-0.4, -0.2) is 0 Å². The Hall–Kier alpha value is 0. The Morgan fingerprint density at radius 3 is 2.58 bits per heavy atom. The van der Waals surface area contributed by atoms with E-state index in [0.29, 0.717) is 5.41 Å². The van der Waals surface area contributed by atoms with Gasteiger partial charge < -0.3 is 0 Å². The highest BCUT2D eigenvalue weighted by Crippen LogP contribution is 2.44. The van der Waals surface area contributed by atoms with Crippen molar-refractivity contribution in [2.45, 2.75) is 59.8 Å². The maximum Gasteiger partial charge on any atom is -0.0326 e. The third-order valence-electron chi connectivity index (χ3n) is 3.71. The summed E-state index contributed by atoms with van der Waals surface area (Å²) < 4.78 is 0. The zero-order valence-electron chi connectivity index (χ0n) is 9.19. The van der Waals surface area contributed by atoms with Crippen molar-refractivity contribution in [3.63, 3.8) is 0 Å². The fourth-order valence-electron chi connectivity index (χ4n) is 2.60. The lowest BCUT2D eigenvalue weighted by Gasteiger charge is -2.41. The summed E-state index contributed by atoms with van der Waals surface area (Å²) in [6.45, 7) is 9.64. The maximum absolute atomic E-state index is 2.46. The van der Waals surface area contributed by atoms with Crippen molar-refractivity contribution in [1.82, 2.24) is 0 Å². The van der Waals surface area contributed by atoms with Gasteiger partial charge in [-0.1, -0.05) is 47.0 Å². The molecule has 0 saturated heterocycles. The van der Waals surface area contributed by atoms with Crippen molar-refractivity contribution in [3.8, 4) is 0 Å². The van der Waals surface area contributed by atoms with Crippen molar-refractivity contribution in [3.05, 3.63) is 0 Å². The molecule has 12 heavy (non-hydrogen) atoms. The lowest BCUT2D eigenvalue weighted by molar-refractivity contribution is 0.0966. The predicted molar refractivity (Wildman–Crippen MR) is 55.2 cm³/mol. The molecular weight excluding hydrogens is 144 g/mol. The summed E-state index contributed by atoms with van der Waals surface area (Å²) in [5.74, 6) is 1.97. The first-order valence-corrected chi connectivity index (χ1v) is 5.56. The van der Waals surface area contributed by atoms with Crippen LogP contribution in [0.4, 0.5) is 0 Å². The van der Waals surface area contributed by atoms with E-state index in [-0.39, 0.29) is 0 Å². The van der Waals surface area contributed by atoms with Gasteiger partial charge >= 0.3 is 0 Å². The Labute approximate surface area is 77.7 Å². The third kappa shape index (κ3) is 2.24. The largest absolute Gasteiger partial charge is 0.0654 e. The van der Waals surface area contributed by atoms with Gasteiger partial charge in [-0.05, 0) is 30.1 Å². The van der Waals surface area contributed by atoms with Crippen molar-refractivity contribution in [1.29, 1.82) is 0 Å². The van der Waals surface area contributed by atoms with E-state index in [1.807, 2.05) is 0 Å². The Kier molecular flexibility index (Phi) is 3.20. The first kappa shape index (κ1) is 10.1. The molecule has 0 radical (unpaired) electrons. The normalized spacial score (nSPS) is 35.0. The lowest BCUT2D eigenvalue weighted by atomic mass is 9.64. The van der Waals surface area contributed by atoms with E-state index in [1.165, 1.54) is 32.1 Å². The summed E-state index contributed by atoms with van der Waals surface area (Å²) >= 11 is 0. The molecule has 0 N–H and O–H groups in total. The van der Waals surface area contributed by atoms with Gasteiger partial charge in [0.1, 0.15) is 0 Å². The van der Waals surface area contributed by atoms with Crippen LogP contribution in [0, 0.1) is 17.3 Å². The first-order valence-electron chi connectivity index (χ1n) is 5.56. The minimum absolute atomic E-state index is 0.628. The molecule has 1 fully saturated rings. The highest BCUT2D eigenvalue weighted by molar-refractivity contribution is 4.84. The molecule has 0 bridgehead atoms. The van der Waals surface area contributed by atoms with Crippen LogP contribution in [-0.2, 0) is 0 Å². The second-order valence-electron chi connectivity index (χ2n) is 5.35. The molecule has 1 rings (SSSR count). The van der Waals surface area contributed by atoms with Crippen LogP contribution in [0.3, 0.4) is 0 Å². The summed E-state index contributed by atoms with van der Waals surface area (Å²) in [5.41, 5.74) is 0.628. The zero-order valence-corrected chi connectivity index (χ0v) is 9.19. The molecule has 1 aliphatic rings. The highest BCUT2D eigenvalue weighted by atomic mass is 14.4. The van der Waals surface area contributed by atoms with E-state index in [0.717, 1.165) is 11.8 Å². The van der Waals surface area contributed by atoms with Gasteiger partial charge in [-0.2, -0.15) is 0 Å². The number of hydrogen-bond donors (Lipinski definition) is 0. The van der Waals surface area contributed by atoms with E-state index in [2.05, 4.69) is 27.7 Å². The molecule has 0 heterocycles. The molecule has 0 aromatic rings. The molecule has 0 aliphatic heterocycles. The minimum atomic E-state index is 0.628. The van der Waals surface area contributed by atoms with E-state index in [9.17, 15) is 0 Å². The molecule has 1 aliphatic carbocycles. The van der Waals surface area contributed by atoms with Gasteiger partial charge in [0.05, 0.1) is 0 Å². The summed E-state index contributed by atoms with van der Waals surface area (Å²) in [6.07, 6.45) is 7.17. The van der Waals surface area contributed by atoms with Crippen molar-refractivity contribution >= 4 is 0 Å². The van der Waals surface area contributed by atoms with Gasteiger partial charge in [-0.25, -0.2) is 0 Å². The standard InChI is InChI=1S/C12H24/c1-5-6-11-9-10(2)7-8-12(11,3)4/h10-11H,5-9H2,1-4H3. The van der Waals surface area contributed by atoms with Crippen LogP contribution in [0.15, 0.2) is 0 Å². The van der Waals surface area contributed by atoms with Gasteiger partial charge in [0.15, 0.2) is 0 Å². The molecule has 2 atom stereocenters. The highest BCUT2D eigenvalue weighted by Gasteiger charge is 2.33. The molecule has 0 spiro atoms. The average Bonchev–Trinajstić information content (AvgIpc) is 1.98. The summed E-state index contributed by atoms with van der Waals surface area (Å²) in [4.78, 5) is 0. The van der Waals surface area contributed by atoms with E-state index < -0.39 is 0 Å². The van der Waals surface area contributed by atoms with Crippen molar-refractivity contribution < 1.29 is 0 Å². The van der Waals surface area contributed by atoms with Gasteiger partial charge in [0.25, 0.3) is 0 Å². The first-order chi connectivity index (χ1) is 5.56. The van der Waals surface area contributed by atoms with Crippen LogP contribution < -0.4 is 0 Å². The molecule has 0 nitrogen and oxygen atoms in total. The van der Waals surface area contributed by atoms with E-state index >= 15 is 0 Å². The fraction of sp³-hybridized carbons (Fsp3) is 1.00. The predicted octanol–water partition coefficient (Wildman–Crippen LogP) is 4.25. The Balaban J connectivity index is 2.52. The molecule has 0 aromatic heterocycles. The fourth-order valence-corrected chi connectivity index (χ4v) is 2.60. The second-order valence-corrected chi connectivity index (χ2v) is 5.35. The van der Waals surface area contributed by atoms with Crippen LogP contribution in [0.1, 0.15) is 59.8 Å². The lowest BCUT2D eigenvalue weighted by Crippen LogP contribution is -2.30. The summed E-state index contributed by atoms with van der Waals surface area (Å²) in [6, 6.07) is 0. The van der Waals surface area contributed by atoms with Gasteiger partial charge in [-0.3, -0.25) is 0 Å². The van der Waals surface area contributed by atoms with Crippen LogP contribution >= 0.6 is 0 Å². The van der Waals surface area contributed by atoms with Crippen LogP contribution in [0.5, 0.6) is 0 Å². The molecule has 0 heteroatoms. The molecule has 0 amide bonds. The monoisotopic (exact) mass is 168 g/mol. The molecule has 2 unspecified atom stereocenters. The van der Waals surface area contributed by atoms with Crippen LogP contribution in [0.2, 0.25) is 0 Å².